The number of rotatable bonds is 6. The summed E-state index contributed by atoms with van der Waals surface area (Å²) >= 11 is 0. The molecule has 1 amide bonds. The summed E-state index contributed by atoms with van der Waals surface area (Å²) in [5, 5.41) is 3.11. The Morgan fingerprint density at radius 3 is 2.21 bits per heavy atom. The van der Waals surface area contributed by atoms with Crippen LogP contribution in [0.2, 0.25) is 0 Å². The lowest BCUT2D eigenvalue weighted by atomic mass is 10.4. The highest BCUT2D eigenvalue weighted by Crippen LogP contribution is 1.86. The zero-order valence-electron chi connectivity index (χ0n) is 10.0. The van der Waals surface area contributed by atoms with Gasteiger partial charge in [-0.1, -0.05) is 13.8 Å². The predicted octanol–water partition coefficient (Wildman–Crippen LogP) is 0.00440. The summed E-state index contributed by atoms with van der Waals surface area (Å²) in [6.45, 7) is 6.19. The molecule has 0 saturated carbocycles. The van der Waals surface area contributed by atoms with Crippen molar-refractivity contribution in [1.82, 2.24) is 15.1 Å². The number of nitrogens with one attached hydrogen (secondary N) is 1. The van der Waals surface area contributed by atoms with Crippen molar-refractivity contribution in [3.63, 3.8) is 0 Å². The second kappa shape index (κ2) is 6.79. The third kappa shape index (κ3) is 6.86. The van der Waals surface area contributed by atoms with Gasteiger partial charge in [0, 0.05) is 26.2 Å². The third-order valence-electron chi connectivity index (χ3n) is 1.97. The van der Waals surface area contributed by atoms with Crippen LogP contribution in [0, 0.1) is 0 Å². The molecule has 0 aromatic rings. The standard InChI is InChI=1S/C10H23N3O/c1-9(2)11-8-10(14)13(5)7-6-12(3)4/h9,11H,6-8H2,1-5H3. The molecule has 0 aliphatic carbocycles. The molecule has 4 heteroatoms. The molecule has 0 fully saturated rings. The van der Waals surface area contributed by atoms with Gasteiger partial charge in [-0.25, -0.2) is 0 Å². The molecule has 0 aromatic carbocycles. The molecule has 0 unspecified atom stereocenters. The van der Waals surface area contributed by atoms with Gasteiger partial charge in [0.2, 0.25) is 5.91 Å². The van der Waals surface area contributed by atoms with Crippen molar-refractivity contribution in [2.75, 3.05) is 40.8 Å². The second-order valence-electron chi connectivity index (χ2n) is 4.15. The van der Waals surface area contributed by atoms with Crippen molar-refractivity contribution in [2.24, 2.45) is 0 Å². The third-order valence-corrected chi connectivity index (χ3v) is 1.97. The number of likely N-dealkylation sites (N-methyl/N-ethyl adjacent to an activating group) is 2. The summed E-state index contributed by atoms with van der Waals surface area (Å²) in [5.41, 5.74) is 0. The lowest BCUT2D eigenvalue weighted by Crippen LogP contribution is -2.40. The number of carbonyl (C=O) groups is 1. The molecule has 1 N–H and O–H groups in total. The first-order valence-corrected chi connectivity index (χ1v) is 5.05. The van der Waals surface area contributed by atoms with Crippen LogP contribution in [0.25, 0.3) is 0 Å². The van der Waals surface area contributed by atoms with Gasteiger partial charge in [0.05, 0.1) is 6.54 Å². The van der Waals surface area contributed by atoms with Crippen LogP contribution in [0.1, 0.15) is 13.8 Å². The van der Waals surface area contributed by atoms with E-state index in [1.54, 1.807) is 4.90 Å². The van der Waals surface area contributed by atoms with E-state index in [0.29, 0.717) is 12.6 Å². The number of amides is 1. The van der Waals surface area contributed by atoms with Gasteiger partial charge < -0.3 is 15.1 Å². The Kier molecular flexibility index (Phi) is 6.49. The van der Waals surface area contributed by atoms with Crippen molar-refractivity contribution >= 4 is 5.91 Å². The van der Waals surface area contributed by atoms with Crippen LogP contribution in [-0.2, 0) is 4.79 Å². The van der Waals surface area contributed by atoms with Crippen molar-refractivity contribution in [3.05, 3.63) is 0 Å². The van der Waals surface area contributed by atoms with E-state index in [-0.39, 0.29) is 5.91 Å². The first kappa shape index (κ1) is 13.4. The monoisotopic (exact) mass is 201 g/mol. The van der Waals surface area contributed by atoms with Gasteiger partial charge in [0.1, 0.15) is 0 Å². The highest BCUT2D eigenvalue weighted by atomic mass is 16.2. The molecule has 0 aliphatic heterocycles. The molecule has 0 aliphatic rings. The minimum atomic E-state index is 0.153. The average molecular weight is 201 g/mol. The van der Waals surface area contributed by atoms with E-state index in [1.165, 1.54) is 0 Å². The molecule has 0 atom stereocenters. The zero-order chi connectivity index (χ0) is 11.1. The first-order valence-electron chi connectivity index (χ1n) is 5.05. The maximum Gasteiger partial charge on any atom is 0.236 e. The molecule has 4 nitrogen and oxygen atoms in total. The topological polar surface area (TPSA) is 35.6 Å². The normalized spacial score (nSPS) is 11.1. The molecular formula is C10H23N3O. The van der Waals surface area contributed by atoms with Crippen LogP contribution in [0.5, 0.6) is 0 Å². The number of nitrogens with zero attached hydrogens (tertiary/aromatic N) is 2. The van der Waals surface area contributed by atoms with Crippen LogP contribution in [-0.4, -0.2) is 62.5 Å². The van der Waals surface area contributed by atoms with Crippen molar-refractivity contribution in [2.45, 2.75) is 19.9 Å². The fourth-order valence-electron chi connectivity index (χ4n) is 0.901. The molecule has 84 valence electrons. The van der Waals surface area contributed by atoms with E-state index in [9.17, 15) is 4.79 Å². The van der Waals surface area contributed by atoms with Crippen molar-refractivity contribution in [3.8, 4) is 0 Å². The SMILES string of the molecule is CC(C)NCC(=O)N(C)CCN(C)C. The van der Waals surface area contributed by atoms with E-state index >= 15 is 0 Å². The van der Waals surface area contributed by atoms with Crippen LogP contribution in [0.3, 0.4) is 0 Å². The Morgan fingerprint density at radius 2 is 1.79 bits per heavy atom. The summed E-state index contributed by atoms with van der Waals surface area (Å²) < 4.78 is 0. The van der Waals surface area contributed by atoms with Gasteiger partial charge in [0.25, 0.3) is 0 Å². The van der Waals surface area contributed by atoms with E-state index < -0.39 is 0 Å². The molecule has 0 heterocycles. The van der Waals surface area contributed by atoms with Gasteiger partial charge in [-0.3, -0.25) is 4.79 Å². The smallest absolute Gasteiger partial charge is 0.236 e. The molecule has 0 saturated heterocycles. The van der Waals surface area contributed by atoms with Gasteiger partial charge >= 0.3 is 0 Å². The number of carbonyl (C=O) groups excluding carboxylic acids is 1. The summed E-state index contributed by atoms with van der Waals surface area (Å²) in [5.74, 6) is 0.153. The highest BCUT2D eigenvalue weighted by molar-refractivity contribution is 5.77. The lowest BCUT2D eigenvalue weighted by molar-refractivity contribution is -0.129. The van der Waals surface area contributed by atoms with E-state index in [0.717, 1.165) is 13.1 Å². The van der Waals surface area contributed by atoms with E-state index in [4.69, 9.17) is 0 Å². The van der Waals surface area contributed by atoms with E-state index in [1.807, 2.05) is 35.0 Å². The Labute approximate surface area is 87.3 Å². The van der Waals surface area contributed by atoms with Gasteiger partial charge in [-0.2, -0.15) is 0 Å². The fourth-order valence-corrected chi connectivity index (χ4v) is 0.901. The summed E-state index contributed by atoms with van der Waals surface area (Å²) in [7, 11) is 5.85. The minimum Gasteiger partial charge on any atom is -0.343 e. The average Bonchev–Trinajstić information content (AvgIpc) is 2.09. The van der Waals surface area contributed by atoms with Crippen molar-refractivity contribution < 1.29 is 4.79 Å². The Balaban J connectivity index is 3.65. The minimum absolute atomic E-state index is 0.153. The van der Waals surface area contributed by atoms with Crippen LogP contribution < -0.4 is 5.32 Å². The molecule has 14 heavy (non-hydrogen) atoms. The molecule has 0 aromatic heterocycles. The summed E-state index contributed by atoms with van der Waals surface area (Å²) in [6.07, 6.45) is 0. The molecular weight excluding hydrogens is 178 g/mol. The Hall–Kier alpha value is -0.610. The molecule has 0 rings (SSSR count). The lowest BCUT2D eigenvalue weighted by Gasteiger charge is -2.20. The Morgan fingerprint density at radius 1 is 1.21 bits per heavy atom. The first-order chi connectivity index (χ1) is 6.43. The predicted molar refractivity (Wildman–Crippen MR) is 59.3 cm³/mol. The summed E-state index contributed by atoms with van der Waals surface area (Å²) in [4.78, 5) is 15.3. The molecule has 0 spiro atoms. The van der Waals surface area contributed by atoms with Crippen LogP contribution in [0.4, 0.5) is 0 Å². The highest BCUT2D eigenvalue weighted by Gasteiger charge is 2.08. The molecule has 0 bridgehead atoms. The molecule has 0 radical (unpaired) electrons. The summed E-state index contributed by atoms with van der Waals surface area (Å²) in [6, 6.07) is 0.362. The van der Waals surface area contributed by atoms with Gasteiger partial charge in [-0.05, 0) is 14.1 Å². The van der Waals surface area contributed by atoms with Crippen molar-refractivity contribution in [1.29, 1.82) is 0 Å². The largest absolute Gasteiger partial charge is 0.343 e. The number of hydrogen-bond donors (Lipinski definition) is 1. The van der Waals surface area contributed by atoms with Gasteiger partial charge in [-0.15, -0.1) is 0 Å². The maximum atomic E-state index is 11.5. The second-order valence-corrected chi connectivity index (χ2v) is 4.15. The zero-order valence-corrected chi connectivity index (χ0v) is 10.0. The fraction of sp³-hybridized carbons (Fsp3) is 0.900. The van der Waals surface area contributed by atoms with Gasteiger partial charge in [0.15, 0.2) is 0 Å². The van der Waals surface area contributed by atoms with Crippen LogP contribution in [0.15, 0.2) is 0 Å². The Bertz CT molecular complexity index is 169. The number of hydrogen-bond acceptors (Lipinski definition) is 3. The maximum absolute atomic E-state index is 11.5. The van der Waals surface area contributed by atoms with Crippen LogP contribution >= 0.6 is 0 Å². The quantitative estimate of drug-likeness (QED) is 0.657. The van der Waals surface area contributed by atoms with E-state index in [2.05, 4.69) is 10.2 Å².